The third kappa shape index (κ3) is 1.88. The number of ether oxygens (including phenoxy) is 1. The molecule has 1 aromatic carbocycles. The molecule has 92 valence electrons. The molecule has 18 heavy (non-hydrogen) atoms. The van der Waals surface area contributed by atoms with E-state index < -0.39 is 5.06 Å². The van der Waals surface area contributed by atoms with Gasteiger partial charge in [-0.1, -0.05) is 35.9 Å². The number of alkyl halides is 1. The van der Waals surface area contributed by atoms with Crippen LogP contribution < -0.4 is 0 Å². The minimum absolute atomic E-state index is 0.653. The van der Waals surface area contributed by atoms with Crippen LogP contribution in [0.25, 0.3) is 16.6 Å². The Morgan fingerprint density at radius 3 is 2.94 bits per heavy atom. The molecule has 0 saturated heterocycles. The van der Waals surface area contributed by atoms with Crippen LogP contribution >= 0.6 is 11.6 Å². The van der Waals surface area contributed by atoms with Crippen molar-refractivity contribution >= 4 is 28.2 Å². The van der Waals surface area contributed by atoms with Crippen LogP contribution in [0, 0.1) is 0 Å². The number of allylic oxidation sites excluding steroid dienone is 2. The first-order chi connectivity index (χ1) is 8.72. The molecule has 1 aliphatic rings. The number of halogens is 1. The second-order valence-electron chi connectivity index (χ2n) is 4.43. The molecule has 3 rings (SSSR count). The van der Waals surface area contributed by atoms with Crippen LogP contribution in [0.15, 0.2) is 54.8 Å². The van der Waals surface area contributed by atoms with Gasteiger partial charge in [0.05, 0.1) is 5.52 Å². The molecule has 0 amide bonds. The van der Waals surface area contributed by atoms with Crippen molar-refractivity contribution in [2.75, 3.05) is 7.11 Å². The fourth-order valence-corrected chi connectivity index (χ4v) is 2.52. The zero-order valence-electron chi connectivity index (χ0n) is 10.1. The molecule has 1 heterocycles. The van der Waals surface area contributed by atoms with Crippen molar-refractivity contribution in [3.63, 3.8) is 0 Å². The number of fused-ring (bicyclic) bond motifs is 1. The van der Waals surface area contributed by atoms with Gasteiger partial charge in [0.15, 0.2) is 5.06 Å². The Labute approximate surface area is 111 Å². The van der Waals surface area contributed by atoms with Gasteiger partial charge in [-0.25, -0.2) is 0 Å². The summed E-state index contributed by atoms with van der Waals surface area (Å²) in [6.45, 7) is 0. The maximum atomic E-state index is 6.36. The number of hydrogen-bond acceptors (Lipinski definition) is 1. The lowest BCUT2D eigenvalue weighted by Gasteiger charge is -2.26. The van der Waals surface area contributed by atoms with Crippen LogP contribution in [0.5, 0.6) is 0 Å². The molecule has 0 spiro atoms. The summed E-state index contributed by atoms with van der Waals surface area (Å²) in [5.41, 5.74) is 2.32. The van der Waals surface area contributed by atoms with E-state index in [0.29, 0.717) is 6.42 Å². The summed E-state index contributed by atoms with van der Waals surface area (Å²) in [5, 5.41) is 0.501. The van der Waals surface area contributed by atoms with Gasteiger partial charge in [-0.15, -0.1) is 0 Å². The van der Waals surface area contributed by atoms with Crippen molar-refractivity contribution in [2.24, 2.45) is 0 Å². The molecule has 0 N–H and O–H groups in total. The lowest BCUT2D eigenvalue weighted by molar-refractivity contribution is 0.107. The van der Waals surface area contributed by atoms with Crippen LogP contribution in [-0.2, 0) is 4.74 Å². The Hall–Kier alpha value is -1.51. The van der Waals surface area contributed by atoms with Gasteiger partial charge >= 0.3 is 0 Å². The number of benzene rings is 1. The van der Waals surface area contributed by atoms with Crippen LogP contribution in [0.2, 0.25) is 0 Å². The summed E-state index contributed by atoms with van der Waals surface area (Å²) >= 11 is 6.36. The van der Waals surface area contributed by atoms with Crippen molar-refractivity contribution in [3.05, 3.63) is 54.8 Å². The Balaban J connectivity index is 2.06. The average molecular weight is 260 g/mol. The lowest BCUT2D eigenvalue weighted by atomic mass is 10.1. The molecule has 0 fully saturated rings. The van der Waals surface area contributed by atoms with Gasteiger partial charge in [0.2, 0.25) is 0 Å². The first-order valence-corrected chi connectivity index (χ1v) is 6.29. The van der Waals surface area contributed by atoms with Crippen LogP contribution in [0.1, 0.15) is 6.42 Å². The first-order valence-electron chi connectivity index (χ1n) is 5.91. The molecular formula is C15H14ClNO. The molecule has 1 unspecified atom stereocenters. The molecule has 1 aliphatic carbocycles. The largest absolute Gasteiger partial charge is 0.359 e. The normalized spacial score (nSPS) is 23.3. The zero-order chi connectivity index (χ0) is 12.6. The van der Waals surface area contributed by atoms with Crippen molar-refractivity contribution in [2.45, 2.75) is 11.5 Å². The van der Waals surface area contributed by atoms with Gasteiger partial charge in [-0.3, -0.25) is 0 Å². The second-order valence-corrected chi connectivity index (χ2v) is 5.07. The van der Waals surface area contributed by atoms with Gasteiger partial charge < -0.3 is 9.30 Å². The highest BCUT2D eigenvalue weighted by Gasteiger charge is 2.27. The first kappa shape index (κ1) is 11.6. The summed E-state index contributed by atoms with van der Waals surface area (Å²) in [7, 11) is 1.63. The summed E-state index contributed by atoms with van der Waals surface area (Å²) in [6, 6.07) is 10.4. The SMILES string of the molecule is COC1(Cl)C=CC=C(n2ccc3ccccc32)C1. The maximum absolute atomic E-state index is 6.36. The van der Waals surface area contributed by atoms with Gasteiger partial charge in [0, 0.05) is 25.4 Å². The number of nitrogens with zero attached hydrogens (tertiary/aromatic N) is 1. The molecule has 0 saturated carbocycles. The van der Waals surface area contributed by atoms with E-state index >= 15 is 0 Å². The van der Waals surface area contributed by atoms with Crippen molar-refractivity contribution in [1.29, 1.82) is 0 Å². The van der Waals surface area contributed by atoms with E-state index in [0.717, 1.165) is 5.70 Å². The predicted octanol–water partition coefficient (Wildman–Crippen LogP) is 4.02. The van der Waals surface area contributed by atoms with Crippen molar-refractivity contribution in [1.82, 2.24) is 4.57 Å². The van der Waals surface area contributed by atoms with E-state index in [4.69, 9.17) is 16.3 Å². The van der Waals surface area contributed by atoms with Crippen LogP contribution in [0.3, 0.4) is 0 Å². The van der Waals surface area contributed by atoms with E-state index in [-0.39, 0.29) is 0 Å². The molecule has 1 atom stereocenters. The van der Waals surface area contributed by atoms with Crippen molar-refractivity contribution in [3.8, 4) is 0 Å². The Morgan fingerprint density at radius 2 is 2.11 bits per heavy atom. The molecular weight excluding hydrogens is 246 g/mol. The molecule has 2 aromatic rings. The number of hydrogen-bond donors (Lipinski definition) is 0. The number of rotatable bonds is 2. The third-order valence-corrected chi connectivity index (χ3v) is 3.72. The van der Waals surface area contributed by atoms with Gasteiger partial charge in [-0.2, -0.15) is 0 Å². The van der Waals surface area contributed by atoms with Crippen LogP contribution in [-0.4, -0.2) is 16.7 Å². The molecule has 0 aliphatic heterocycles. The lowest BCUT2D eigenvalue weighted by Crippen LogP contribution is -2.24. The highest BCUT2D eigenvalue weighted by Crippen LogP contribution is 2.34. The van der Waals surface area contributed by atoms with E-state index in [2.05, 4.69) is 35.0 Å². The third-order valence-electron chi connectivity index (χ3n) is 3.30. The monoisotopic (exact) mass is 259 g/mol. The molecule has 2 nitrogen and oxygen atoms in total. The number of para-hydroxylation sites is 1. The summed E-state index contributed by atoms with van der Waals surface area (Å²) < 4.78 is 7.51. The Morgan fingerprint density at radius 1 is 1.28 bits per heavy atom. The fourth-order valence-electron chi connectivity index (χ4n) is 2.31. The fraction of sp³-hybridized carbons (Fsp3) is 0.200. The highest BCUT2D eigenvalue weighted by atomic mass is 35.5. The van der Waals surface area contributed by atoms with Crippen molar-refractivity contribution < 1.29 is 4.74 Å². The smallest absolute Gasteiger partial charge is 0.165 e. The molecule has 0 radical (unpaired) electrons. The number of aromatic nitrogens is 1. The summed E-state index contributed by atoms with van der Waals surface area (Å²) in [4.78, 5) is 0. The van der Waals surface area contributed by atoms with E-state index in [1.54, 1.807) is 7.11 Å². The summed E-state index contributed by atoms with van der Waals surface area (Å²) in [5.74, 6) is 0. The predicted molar refractivity (Wildman–Crippen MR) is 75.6 cm³/mol. The molecule has 3 heteroatoms. The second kappa shape index (κ2) is 4.30. The minimum Gasteiger partial charge on any atom is -0.359 e. The average Bonchev–Trinajstić information content (AvgIpc) is 2.83. The minimum atomic E-state index is -0.727. The Kier molecular flexibility index (Phi) is 2.77. The maximum Gasteiger partial charge on any atom is 0.165 e. The quantitative estimate of drug-likeness (QED) is 0.743. The summed E-state index contributed by atoms with van der Waals surface area (Å²) in [6.07, 6.45) is 8.63. The zero-order valence-corrected chi connectivity index (χ0v) is 10.9. The van der Waals surface area contributed by atoms with E-state index in [9.17, 15) is 0 Å². The van der Waals surface area contributed by atoms with Gasteiger partial charge in [0.25, 0.3) is 0 Å². The highest BCUT2D eigenvalue weighted by molar-refractivity contribution is 6.24. The number of methoxy groups -OCH3 is 1. The standard InChI is InChI=1S/C15H14ClNO/c1-18-15(16)9-4-6-13(11-15)17-10-8-12-5-2-3-7-14(12)17/h2-10H,11H2,1H3. The molecule has 1 aromatic heterocycles. The van der Waals surface area contributed by atoms with Gasteiger partial charge in [-0.05, 0) is 29.7 Å². The molecule has 0 bridgehead atoms. The van der Waals surface area contributed by atoms with E-state index in [1.807, 2.05) is 24.3 Å². The Bertz CT molecular complexity index is 641. The van der Waals surface area contributed by atoms with E-state index in [1.165, 1.54) is 10.9 Å². The van der Waals surface area contributed by atoms with Crippen LogP contribution in [0.4, 0.5) is 0 Å². The van der Waals surface area contributed by atoms with Gasteiger partial charge in [0.1, 0.15) is 0 Å². The topological polar surface area (TPSA) is 14.2 Å².